The molecule has 2 aromatic heterocycles. The molecule has 0 radical (unpaired) electrons. The van der Waals surface area contributed by atoms with Gasteiger partial charge >= 0.3 is 0 Å². The highest BCUT2D eigenvalue weighted by Gasteiger charge is 2.32. The lowest BCUT2D eigenvalue weighted by atomic mass is 9.89. The fourth-order valence-corrected chi connectivity index (χ4v) is 3.03. The zero-order valence-corrected chi connectivity index (χ0v) is 14.1. The van der Waals surface area contributed by atoms with Crippen LogP contribution >= 0.6 is 0 Å². The number of nitrogens with zero attached hydrogens (tertiary/aromatic N) is 2. The highest BCUT2D eigenvalue weighted by Crippen LogP contribution is 2.39. The van der Waals surface area contributed by atoms with E-state index in [1.54, 1.807) is 26.2 Å². The minimum Gasteiger partial charge on any atom is -0.388 e. The maximum absolute atomic E-state index is 12.7. The van der Waals surface area contributed by atoms with Gasteiger partial charge in [-0.15, -0.1) is 0 Å². The first-order valence-electron chi connectivity index (χ1n) is 8.14. The van der Waals surface area contributed by atoms with Gasteiger partial charge in [0.1, 0.15) is 5.52 Å². The molecule has 1 aliphatic rings. The van der Waals surface area contributed by atoms with Crippen LogP contribution in [0.25, 0.3) is 11.2 Å². The number of hydrogen-bond acceptors (Lipinski definition) is 4. The molecule has 0 saturated heterocycles. The molecule has 2 heterocycles. The lowest BCUT2D eigenvalue weighted by molar-refractivity contribution is 0.0195. The van der Waals surface area contributed by atoms with E-state index in [0.29, 0.717) is 22.6 Å². The minimum atomic E-state index is -0.999. The molecule has 0 aliphatic heterocycles. The van der Waals surface area contributed by atoms with Crippen LogP contribution in [-0.2, 0) is 0 Å². The van der Waals surface area contributed by atoms with Crippen LogP contribution in [-0.4, -0.2) is 37.6 Å². The first kappa shape index (κ1) is 15.9. The second-order valence-corrected chi connectivity index (χ2v) is 7.32. The molecule has 0 aromatic carbocycles. The van der Waals surface area contributed by atoms with Crippen LogP contribution in [0.4, 0.5) is 0 Å². The number of aromatic nitrogens is 3. The Labute approximate surface area is 135 Å². The highest BCUT2D eigenvalue weighted by atomic mass is 16.3. The summed E-state index contributed by atoms with van der Waals surface area (Å²) >= 11 is 0. The van der Waals surface area contributed by atoms with Crippen LogP contribution in [0.3, 0.4) is 0 Å². The first-order valence-corrected chi connectivity index (χ1v) is 8.14. The van der Waals surface area contributed by atoms with Crippen molar-refractivity contribution >= 4 is 17.1 Å². The van der Waals surface area contributed by atoms with Gasteiger partial charge in [-0.05, 0) is 32.6 Å². The predicted molar refractivity (Wildman–Crippen MR) is 88.3 cm³/mol. The third-order valence-corrected chi connectivity index (χ3v) is 4.35. The number of carbonyl (C=O) groups is 1. The molecule has 1 aliphatic carbocycles. The van der Waals surface area contributed by atoms with Crippen LogP contribution in [0, 0.1) is 5.92 Å². The SMILES string of the molecule is CC(C)[C@H](NC(=O)c1c[nH]c2ncc(C3CC3)nc12)C(C)(C)O. The number of aromatic amines is 1. The molecule has 2 aromatic rings. The number of nitrogens with one attached hydrogen (secondary N) is 2. The topological polar surface area (TPSA) is 90.9 Å². The number of hydrogen-bond donors (Lipinski definition) is 3. The maximum atomic E-state index is 12.7. The summed E-state index contributed by atoms with van der Waals surface area (Å²) in [7, 11) is 0. The Bertz CT molecular complexity index is 726. The monoisotopic (exact) mass is 316 g/mol. The van der Waals surface area contributed by atoms with Gasteiger partial charge in [0.05, 0.1) is 29.1 Å². The summed E-state index contributed by atoms with van der Waals surface area (Å²) in [6, 6.07) is -0.348. The zero-order valence-electron chi connectivity index (χ0n) is 14.1. The average Bonchev–Trinajstić information content (AvgIpc) is 3.22. The number of fused-ring (bicyclic) bond motifs is 1. The van der Waals surface area contributed by atoms with Crippen molar-refractivity contribution in [3.05, 3.63) is 23.7 Å². The Balaban J connectivity index is 1.89. The molecule has 3 N–H and O–H groups in total. The van der Waals surface area contributed by atoms with Crippen molar-refractivity contribution in [3.8, 4) is 0 Å². The van der Waals surface area contributed by atoms with E-state index in [1.165, 1.54) is 0 Å². The Morgan fingerprint density at radius 2 is 2.13 bits per heavy atom. The third-order valence-electron chi connectivity index (χ3n) is 4.35. The van der Waals surface area contributed by atoms with Crippen molar-refractivity contribution in [3.63, 3.8) is 0 Å². The minimum absolute atomic E-state index is 0.109. The van der Waals surface area contributed by atoms with Crippen molar-refractivity contribution in [2.75, 3.05) is 0 Å². The van der Waals surface area contributed by atoms with E-state index < -0.39 is 5.60 Å². The number of H-pyrrole nitrogens is 1. The Hall–Kier alpha value is -1.95. The molecule has 6 heteroatoms. The molecule has 1 amide bonds. The van der Waals surface area contributed by atoms with Gasteiger partial charge in [0.25, 0.3) is 5.91 Å². The quantitative estimate of drug-likeness (QED) is 0.790. The van der Waals surface area contributed by atoms with Gasteiger partial charge < -0.3 is 15.4 Å². The molecular formula is C17H24N4O2. The summed E-state index contributed by atoms with van der Waals surface area (Å²) in [5, 5.41) is 13.2. The normalized spacial score (nSPS) is 16.8. The molecule has 1 saturated carbocycles. The van der Waals surface area contributed by atoms with Gasteiger partial charge in [-0.25, -0.2) is 9.97 Å². The maximum Gasteiger partial charge on any atom is 0.255 e. The molecule has 0 spiro atoms. The molecule has 1 fully saturated rings. The molecule has 23 heavy (non-hydrogen) atoms. The van der Waals surface area contributed by atoms with Gasteiger partial charge in [0, 0.05) is 12.1 Å². The van der Waals surface area contributed by atoms with Crippen LogP contribution < -0.4 is 5.32 Å². The predicted octanol–water partition coefficient (Wildman–Crippen LogP) is 2.36. The van der Waals surface area contributed by atoms with E-state index >= 15 is 0 Å². The van der Waals surface area contributed by atoms with Crippen molar-refractivity contribution in [1.82, 2.24) is 20.3 Å². The van der Waals surface area contributed by atoms with Gasteiger partial charge in [0.15, 0.2) is 5.65 Å². The van der Waals surface area contributed by atoms with Crippen molar-refractivity contribution < 1.29 is 9.90 Å². The van der Waals surface area contributed by atoms with Crippen LogP contribution in [0.5, 0.6) is 0 Å². The second kappa shape index (κ2) is 5.60. The summed E-state index contributed by atoms with van der Waals surface area (Å²) in [5.74, 6) is 0.356. The lowest BCUT2D eigenvalue weighted by Crippen LogP contribution is -2.52. The zero-order chi connectivity index (χ0) is 16.8. The fourth-order valence-electron chi connectivity index (χ4n) is 3.03. The molecule has 0 bridgehead atoms. The summed E-state index contributed by atoms with van der Waals surface area (Å²) in [6.45, 7) is 7.36. The Kier molecular flexibility index (Phi) is 3.88. The molecular weight excluding hydrogens is 292 g/mol. The van der Waals surface area contributed by atoms with Crippen LogP contribution in [0.2, 0.25) is 0 Å². The molecule has 0 unspecified atom stereocenters. The van der Waals surface area contributed by atoms with Crippen molar-refractivity contribution in [1.29, 1.82) is 0 Å². The largest absolute Gasteiger partial charge is 0.388 e. The molecule has 3 rings (SSSR count). The number of amides is 1. The van der Waals surface area contributed by atoms with Crippen molar-refractivity contribution in [2.45, 2.75) is 58.1 Å². The number of aliphatic hydroxyl groups is 1. The average molecular weight is 316 g/mol. The molecule has 1 atom stereocenters. The van der Waals surface area contributed by atoms with Gasteiger partial charge in [-0.1, -0.05) is 13.8 Å². The van der Waals surface area contributed by atoms with E-state index in [1.807, 2.05) is 13.8 Å². The Morgan fingerprint density at radius 1 is 1.43 bits per heavy atom. The summed E-state index contributed by atoms with van der Waals surface area (Å²) in [4.78, 5) is 24.6. The fraction of sp³-hybridized carbons (Fsp3) is 0.588. The van der Waals surface area contributed by atoms with Gasteiger partial charge in [0.2, 0.25) is 0 Å². The first-order chi connectivity index (χ1) is 10.8. The molecule has 124 valence electrons. The van der Waals surface area contributed by atoms with E-state index in [9.17, 15) is 9.90 Å². The van der Waals surface area contributed by atoms with E-state index in [2.05, 4.69) is 20.3 Å². The molecule has 6 nitrogen and oxygen atoms in total. The van der Waals surface area contributed by atoms with Crippen LogP contribution in [0.1, 0.15) is 62.5 Å². The summed E-state index contributed by atoms with van der Waals surface area (Å²) < 4.78 is 0. The summed E-state index contributed by atoms with van der Waals surface area (Å²) in [5.41, 5.74) is 1.65. The standard InChI is InChI=1S/C17H24N4O2/c1-9(2)14(17(3,4)23)21-16(22)11-7-18-15-13(11)20-12(8-19-15)10-5-6-10/h7-10,14,23H,5-6H2,1-4H3,(H,18,19)(H,21,22)/t14-/m0/s1. The lowest BCUT2D eigenvalue weighted by Gasteiger charge is -2.33. The number of carbonyl (C=O) groups excluding carboxylic acids is 1. The second-order valence-electron chi connectivity index (χ2n) is 7.32. The highest BCUT2D eigenvalue weighted by molar-refractivity contribution is 6.04. The van der Waals surface area contributed by atoms with E-state index in [4.69, 9.17) is 0 Å². The smallest absolute Gasteiger partial charge is 0.255 e. The summed E-state index contributed by atoms with van der Waals surface area (Å²) in [6.07, 6.45) is 5.70. The third kappa shape index (κ3) is 3.22. The van der Waals surface area contributed by atoms with E-state index in [-0.39, 0.29) is 17.9 Å². The van der Waals surface area contributed by atoms with Gasteiger partial charge in [-0.2, -0.15) is 0 Å². The van der Waals surface area contributed by atoms with E-state index in [0.717, 1.165) is 18.5 Å². The Morgan fingerprint density at radius 3 is 2.70 bits per heavy atom. The van der Waals surface area contributed by atoms with Crippen molar-refractivity contribution in [2.24, 2.45) is 5.92 Å². The van der Waals surface area contributed by atoms with Gasteiger partial charge in [-0.3, -0.25) is 4.79 Å². The van der Waals surface area contributed by atoms with Crippen LogP contribution in [0.15, 0.2) is 12.4 Å². The number of rotatable bonds is 5.